The highest BCUT2D eigenvalue weighted by molar-refractivity contribution is 5.84. The number of aliphatic hydroxyl groups excluding tert-OH is 2. The summed E-state index contributed by atoms with van der Waals surface area (Å²) in [6.45, 7) is 18.8. The number of piperazine rings is 1. The number of aliphatic hydroxyl groups is 2. The lowest BCUT2D eigenvalue weighted by atomic mass is 9.42. The number of hydrogen-bond acceptors (Lipinski definition) is 8. The summed E-state index contributed by atoms with van der Waals surface area (Å²) in [7, 11) is 1.36. The van der Waals surface area contributed by atoms with Crippen LogP contribution >= 0.6 is 0 Å². The molecule has 9 nitrogen and oxygen atoms in total. The van der Waals surface area contributed by atoms with E-state index in [2.05, 4.69) is 35.9 Å². The van der Waals surface area contributed by atoms with Gasteiger partial charge in [0, 0.05) is 32.6 Å². The topological polar surface area (TPSA) is 128 Å². The Labute approximate surface area is 304 Å². The Morgan fingerprint density at radius 1 is 0.920 bits per heavy atom. The summed E-state index contributed by atoms with van der Waals surface area (Å²) in [4.78, 5) is 30.3. The highest BCUT2D eigenvalue weighted by atomic mass is 16.5. The second kappa shape index (κ2) is 17.3. The fourth-order valence-electron chi connectivity index (χ4n) is 12.3. The van der Waals surface area contributed by atoms with Gasteiger partial charge < -0.3 is 35.8 Å². The number of rotatable bonds is 15. The number of fused-ring (bicyclic) bond motifs is 5. The maximum absolute atomic E-state index is 12.9. The molecule has 5 N–H and O–H groups in total. The van der Waals surface area contributed by atoms with Gasteiger partial charge in [0.25, 0.3) is 0 Å². The van der Waals surface area contributed by atoms with Crippen molar-refractivity contribution in [2.45, 2.75) is 136 Å². The lowest BCUT2D eigenvalue weighted by Crippen LogP contribution is -2.62. The Morgan fingerprint density at radius 2 is 1.60 bits per heavy atom. The van der Waals surface area contributed by atoms with Crippen molar-refractivity contribution in [3.8, 4) is 0 Å². The summed E-state index contributed by atoms with van der Waals surface area (Å²) < 4.78 is 4.91. The van der Waals surface area contributed by atoms with Crippen LogP contribution in [0.5, 0.6) is 0 Å². The number of unbranched alkanes of at least 4 members (excludes halogenated alkanes) is 1. The molecule has 1 aliphatic heterocycles. The van der Waals surface area contributed by atoms with Gasteiger partial charge in [-0.05, 0) is 142 Å². The van der Waals surface area contributed by atoms with E-state index in [4.69, 9.17) is 10.5 Å². The van der Waals surface area contributed by atoms with E-state index in [-0.39, 0.29) is 46.7 Å². The van der Waals surface area contributed by atoms with E-state index in [1.807, 2.05) is 13.8 Å². The molecule has 9 heteroatoms. The number of amides is 1. The predicted octanol–water partition coefficient (Wildman–Crippen LogP) is 5.07. The Bertz CT molecular complexity index is 1110. The SMILES string of the molecule is COC(=O)C(NC(=O)CCC(C)C1CCC2C3C(C[C@H](O)[C@]12C)[C@@]1(C)CC[C@H](CCCCN2CCN(CCCN)CC2)C[C@H]1C[C@H]3O)C(C)C. The second-order valence-corrected chi connectivity index (χ2v) is 18.4. The van der Waals surface area contributed by atoms with Gasteiger partial charge in [-0.1, -0.05) is 47.5 Å². The van der Waals surface area contributed by atoms with Gasteiger partial charge in [-0.25, -0.2) is 4.79 Å². The molecule has 4 saturated carbocycles. The van der Waals surface area contributed by atoms with Crippen molar-refractivity contribution in [1.29, 1.82) is 0 Å². The zero-order valence-electron chi connectivity index (χ0n) is 32.6. The monoisotopic (exact) mass is 703 g/mol. The smallest absolute Gasteiger partial charge is 0.328 e. The van der Waals surface area contributed by atoms with Crippen LogP contribution in [0.1, 0.15) is 118 Å². The number of nitrogens with two attached hydrogens (primary N) is 1. The number of hydrogen-bond donors (Lipinski definition) is 4. The summed E-state index contributed by atoms with van der Waals surface area (Å²) in [6, 6.07) is -0.634. The molecule has 1 amide bonds. The fourth-order valence-corrected chi connectivity index (χ4v) is 12.3. The van der Waals surface area contributed by atoms with Crippen LogP contribution in [0.4, 0.5) is 0 Å². The summed E-state index contributed by atoms with van der Waals surface area (Å²) in [6.07, 6.45) is 13.0. The average molecular weight is 703 g/mol. The van der Waals surface area contributed by atoms with E-state index >= 15 is 0 Å². The molecular weight excluding hydrogens is 628 g/mol. The van der Waals surface area contributed by atoms with Gasteiger partial charge in [0.2, 0.25) is 5.91 Å². The third-order valence-electron chi connectivity index (χ3n) is 15.4. The fraction of sp³-hybridized carbons (Fsp3) is 0.951. The van der Waals surface area contributed by atoms with E-state index in [9.17, 15) is 19.8 Å². The molecule has 50 heavy (non-hydrogen) atoms. The Morgan fingerprint density at radius 3 is 2.24 bits per heavy atom. The normalized spacial score (nSPS) is 38.9. The van der Waals surface area contributed by atoms with Crippen LogP contribution in [0, 0.1) is 58.2 Å². The van der Waals surface area contributed by atoms with Gasteiger partial charge in [-0.2, -0.15) is 0 Å². The molecule has 0 spiro atoms. The Hall–Kier alpha value is -1.26. The van der Waals surface area contributed by atoms with E-state index in [0.29, 0.717) is 30.1 Å². The van der Waals surface area contributed by atoms with Crippen molar-refractivity contribution in [3.05, 3.63) is 0 Å². The highest BCUT2D eigenvalue weighted by Crippen LogP contribution is 2.68. The summed E-state index contributed by atoms with van der Waals surface area (Å²) in [5, 5.41) is 26.9. The quantitative estimate of drug-likeness (QED) is 0.138. The van der Waals surface area contributed by atoms with Crippen LogP contribution in [0.25, 0.3) is 0 Å². The lowest BCUT2D eigenvalue weighted by Gasteiger charge is -2.64. The maximum atomic E-state index is 12.9. The van der Waals surface area contributed by atoms with Gasteiger partial charge in [-0.15, -0.1) is 0 Å². The first-order valence-corrected chi connectivity index (χ1v) is 20.7. The minimum atomic E-state index is -0.634. The molecule has 0 aromatic heterocycles. The lowest BCUT2D eigenvalue weighted by molar-refractivity contribution is -0.204. The molecule has 0 radical (unpaired) electrons. The zero-order valence-corrected chi connectivity index (χ0v) is 32.6. The molecule has 12 atom stereocenters. The highest BCUT2D eigenvalue weighted by Gasteiger charge is 2.65. The molecule has 0 bridgehead atoms. The van der Waals surface area contributed by atoms with Crippen molar-refractivity contribution in [2.24, 2.45) is 63.9 Å². The first kappa shape index (κ1) is 39.9. The third kappa shape index (κ3) is 8.42. The van der Waals surface area contributed by atoms with Gasteiger partial charge >= 0.3 is 5.97 Å². The summed E-state index contributed by atoms with van der Waals surface area (Å²) in [5.74, 6) is 2.27. The average Bonchev–Trinajstić information content (AvgIpc) is 3.46. The van der Waals surface area contributed by atoms with Crippen LogP contribution in [0.2, 0.25) is 0 Å². The van der Waals surface area contributed by atoms with Gasteiger partial charge in [0.15, 0.2) is 0 Å². The molecule has 1 heterocycles. The molecule has 5 fully saturated rings. The number of nitrogens with zero attached hydrogens (tertiary/aromatic N) is 2. The molecule has 6 unspecified atom stereocenters. The van der Waals surface area contributed by atoms with E-state index in [1.165, 1.54) is 78.4 Å². The van der Waals surface area contributed by atoms with Gasteiger partial charge in [-0.3, -0.25) is 4.79 Å². The molecule has 288 valence electrons. The standard InChI is InChI=1S/C41H74N4O5/c1-27(2)38(39(49)50-6)43-36(48)14-11-28(3)31-12-13-32-37-33(26-35(47)41(31,32)5)40(4)16-15-29(24-30(40)25-34(37)46)10-7-8-18-44-20-22-45(23-21-44)19-9-17-42/h27-35,37-38,46-47H,7-26,42H2,1-6H3,(H,43,48)/t28?,29-,30-,31?,32?,33?,34+,35-,37?,38?,40-,41+/m0/s1. The molecule has 5 aliphatic rings. The molecule has 0 aromatic carbocycles. The first-order chi connectivity index (χ1) is 23.8. The van der Waals surface area contributed by atoms with Crippen LogP contribution in [0.15, 0.2) is 0 Å². The van der Waals surface area contributed by atoms with Crippen molar-refractivity contribution in [3.63, 3.8) is 0 Å². The second-order valence-electron chi connectivity index (χ2n) is 18.4. The van der Waals surface area contributed by atoms with Crippen molar-refractivity contribution in [1.82, 2.24) is 15.1 Å². The summed E-state index contributed by atoms with van der Waals surface area (Å²) >= 11 is 0. The number of carbonyl (C=O) groups is 2. The molecule has 5 rings (SSSR count). The molecule has 0 aromatic rings. The first-order valence-electron chi connectivity index (χ1n) is 20.7. The van der Waals surface area contributed by atoms with E-state index < -0.39 is 12.0 Å². The van der Waals surface area contributed by atoms with E-state index in [0.717, 1.165) is 57.5 Å². The van der Waals surface area contributed by atoms with Crippen molar-refractivity contribution in [2.75, 3.05) is 52.9 Å². The Balaban J connectivity index is 1.12. The third-order valence-corrected chi connectivity index (χ3v) is 15.4. The number of methoxy groups -OCH3 is 1. The number of ether oxygens (including phenoxy) is 1. The number of nitrogens with one attached hydrogen (secondary N) is 1. The van der Waals surface area contributed by atoms with Crippen LogP contribution in [0.3, 0.4) is 0 Å². The van der Waals surface area contributed by atoms with Crippen LogP contribution in [-0.2, 0) is 14.3 Å². The Kier molecular flexibility index (Phi) is 13.8. The summed E-state index contributed by atoms with van der Waals surface area (Å²) in [5.41, 5.74) is 5.65. The van der Waals surface area contributed by atoms with Gasteiger partial charge in [0.1, 0.15) is 6.04 Å². The van der Waals surface area contributed by atoms with E-state index in [1.54, 1.807) is 0 Å². The number of carbonyl (C=O) groups excluding carboxylic acids is 2. The molecular formula is C41H74N4O5. The van der Waals surface area contributed by atoms with Crippen molar-refractivity contribution < 1.29 is 24.5 Å². The molecule has 1 saturated heterocycles. The largest absolute Gasteiger partial charge is 0.467 e. The maximum Gasteiger partial charge on any atom is 0.328 e. The predicted molar refractivity (Wildman–Crippen MR) is 199 cm³/mol. The van der Waals surface area contributed by atoms with Crippen LogP contribution in [-0.4, -0.2) is 103 Å². The zero-order chi connectivity index (χ0) is 36.2. The minimum absolute atomic E-state index is 0.0454. The molecule has 4 aliphatic carbocycles. The van der Waals surface area contributed by atoms with Crippen LogP contribution < -0.4 is 11.1 Å². The van der Waals surface area contributed by atoms with Crippen molar-refractivity contribution >= 4 is 11.9 Å². The number of esters is 1. The van der Waals surface area contributed by atoms with Gasteiger partial charge in [0.05, 0.1) is 19.3 Å². The minimum Gasteiger partial charge on any atom is -0.467 e.